The first kappa shape index (κ1) is 9.00. The Morgan fingerprint density at radius 1 is 1.50 bits per heavy atom. The van der Waals surface area contributed by atoms with Crippen LogP contribution in [0, 0.1) is 0 Å². The predicted octanol–water partition coefficient (Wildman–Crippen LogP) is 1.14. The molecule has 0 aliphatic rings. The third kappa shape index (κ3) is 1.74. The number of hydrogen-bond donors (Lipinski definition) is 1. The van der Waals surface area contributed by atoms with Crippen LogP contribution in [-0.2, 0) is 13.0 Å². The Morgan fingerprint density at radius 2 is 2.25 bits per heavy atom. The van der Waals surface area contributed by atoms with E-state index >= 15 is 0 Å². The van der Waals surface area contributed by atoms with Crippen molar-refractivity contribution in [3.63, 3.8) is 0 Å². The summed E-state index contributed by atoms with van der Waals surface area (Å²) in [6.45, 7) is 2.00. The highest BCUT2D eigenvalue weighted by Crippen LogP contribution is 2.15. The predicted molar refractivity (Wildman–Crippen MR) is 46.1 cm³/mol. The Balaban J connectivity index is 3.02. The number of aryl methyl sites for hydroxylation is 1. The lowest BCUT2D eigenvalue weighted by molar-refractivity contribution is 0.274. The van der Waals surface area contributed by atoms with Gasteiger partial charge in [-0.1, -0.05) is 13.0 Å². The summed E-state index contributed by atoms with van der Waals surface area (Å²) in [4.78, 5) is 4.11. The van der Waals surface area contributed by atoms with E-state index in [1.54, 1.807) is 13.2 Å². The monoisotopic (exact) mass is 167 g/mol. The highest BCUT2D eigenvalue weighted by molar-refractivity contribution is 5.27. The molecule has 1 N–H and O–H groups in total. The van der Waals surface area contributed by atoms with Crippen molar-refractivity contribution in [2.24, 2.45) is 0 Å². The average molecular weight is 167 g/mol. The number of rotatable bonds is 3. The Labute approximate surface area is 72.0 Å². The van der Waals surface area contributed by atoms with Gasteiger partial charge in [0.2, 0.25) is 5.88 Å². The molecule has 0 saturated heterocycles. The molecule has 66 valence electrons. The summed E-state index contributed by atoms with van der Waals surface area (Å²) < 4.78 is 5.06. The van der Waals surface area contributed by atoms with Gasteiger partial charge in [-0.2, -0.15) is 0 Å². The number of methoxy groups -OCH3 is 1. The van der Waals surface area contributed by atoms with Crippen molar-refractivity contribution in [3.8, 4) is 5.88 Å². The molecule has 0 aromatic carbocycles. The van der Waals surface area contributed by atoms with Gasteiger partial charge < -0.3 is 9.84 Å². The molecule has 1 heterocycles. The molecule has 0 saturated carbocycles. The van der Waals surface area contributed by atoms with Crippen LogP contribution in [0.3, 0.4) is 0 Å². The zero-order chi connectivity index (χ0) is 8.97. The molecular formula is C9H13NO2. The third-order valence-corrected chi connectivity index (χ3v) is 1.73. The summed E-state index contributed by atoms with van der Waals surface area (Å²) >= 11 is 0. The lowest BCUT2D eigenvalue weighted by Gasteiger charge is -2.05. The van der Waals surface area contributed by atoms with E-state index in [1.165, 1.54) is 0 Å². The van der Waals surface area contributed by atoms with Crippen LogP contribution in [0.5, 0.6) is 5.88 Å². The van der Waals surface area contributed by atoms with Gasteiger partial charge in [-0.05, 0) is 12.5 Å². The first-order chi connectivity index (χ1) is 5.81. The van der Waals surface area contributed by atoms with Crippen LogP contribution in [0.1, 0.15) is 18.2 Å². The van der Waals surface area contributed by atoms with Crippen LogP contribution in [-0.4, -0.2) is 17.2 Å². The Morgan fingerprint density at radius 3 is 2.75 bits per heavy atom. The number of aliphatic hydroxyl groups excluding tert-OH is 1. The minimum Gasteiger partial charge on any atom is -0.481 e. The minimum absolute atomic E-state index is 0.0413. The molecule has 0 aliphatic carbocycles. The van der Waals surface area contributed by atoms with Gasteiger partial charge in [0.1, 0.15) is 0 Å². The fourth-order valence-electron chi connectivity index (χ4n) is 1.04. The Bertz CT molecular complexity index is 261. The Kier molecular flexibility index (Phi) is 3.05. The fraction of sp³-hybridized carbons (Fsp3) is 0.444. The molecule has 1 aromatic heterocycles. The third-order valence-electron chi connectivity index (χ3n) is 1.73. The van der Waals surface area contributed by atoms with Gasteiger partial charge >= 0.3 is 0 Å². The first-order valence-corrected chi connectivity index (χ1v) is 3.95. The van der Waals surface area contributed by atoms with Gasteiger partial charge in [0.25, 0.3) is 0 Å². The van der Waals surface area contributed by atoms with E-state index in [0.717, 1.165) is 12.0 Å². The van der Waals surface area contributed by atoms with E-state index in [1.807, 2.05) is 13.0 Å². The summed E-state index contributed by atoms with van der Waals surface area (Å²) in [5.41, 5.74) is 1.71. The molecule has 1 aromatic rings. The summed E-state index contributed by atoms with van der Waals surface area (Å²) in [7, 11) is 1.59. The molecule has 0 bridgehead atoms. The van der Waals surface area contributed by atoms with Crippen LogP contribution in [0.2, 0.25) is 0 Å². The molecule has 0 amide bonds. The van der Waals surface area contributed by atoms with Gasteiger partial charge in [-0.3, -0.25) is 0 Å². The first-order valence-electron chi connectivity index (χ1n) is 3.95. The highest BCUT2D eigenvalue weighted by atomic mass is 16.5. The van der Waals surface area contributed by atoms with Crippen LogP contribution in [0.4, 0.5) is 0 Å². The smallest absolute Gasteiger partial charge is 0.216 e. The molecule has 0 fully saturated rings. The van der Waals surface area contributed by atoms with E-state index in [0.29, 0.717) is 11.6 Å². The fourth-order valence-corrected chi connectivity index (χ4v) is 1.04. The van der Waals surface area contributed by atoms with Crippen molar-refractivity contribution in [2.75, 3.05) is 7.11 Å². The second-order valence-electron chi connectivity index (χ2n) is 2.48. The van der Waals surface area contributed by atoms with Gasteiger partial charge in [0.05, 0.1) is 19.4 Å². The maximum absolute atomic E-state index is 8.80. The van der Waals surface area contributed by atoms with E-state index in [-0.39, 0.29) is 6.61 Å². The molecule has 0 atom stereocenters. The molecule has 0 aliphatic heterocycles. The number of ether oxygens (including phenoxy) is 1. The van der Waals surface area contributed by atoms with Gasteiger partial charge in [-0.25, -0.2) is 4.98 Å². The maximum Gasteiger partial charge on any atom is 0.216 e. The molecule has 12 heavy (non-hydrogen) atoms. The average Bonchev–Trinajstić information content (AvgIpc) is 2.16. The standard InChI is InChI=1S/C9H13NO2/c1-3-7-4-5-8(6-11)10-9(7)12-2/h4-5,11H,3,6H2,1-2H3. The molecule has 0 radical (unpaired) electrons. The van der Waals surface area contributed by atoms with Crippen LogP contribution in [0.25, 0.3) is 0 Å². The maximum atomic E-state index is 8.80. The number of nitrogens with zero attached hydrogens (tertiary/aromatic N) is 1. The van der Waals surface area contributed by atoms with E-state index in [4.69, 9.17) is 9.84 Å². The quantitative estimate of drug-likeness (QED) is 0.734. The lowest BCUT2D eigenvalue weighted by Crippen LogP contribution is -1.97. The number of pyridine rings is 1. The minimum atomic E-state index is -0.0413. The van der Waals surface area contributed by atoms with Crippen molar-refractivity contribution in [1.82, 2.24) is 4.98 Å². The zero-order valence-electron chi connectivity index (χ0n) is 7.37. The van der Waals surface area contributed by atoms with E-state index < -0.39 is 0 Å². The van der Waals surface area contributed by atoms with Crippen molar-refractivity contribution in [3.05, 3.63) is 23.4 Å². The lowest BCUT2D eigenvalue weighted by atomic mass is 10.2. The van der Waals surface area contributed by atoms with Gasteiger partial charge in [0.15, 0.2) is 0 Å². The van der Waals surface area contributed by atoms with Crippen molar-refractivity contribution < 1.29 is 9.84 Å². The number of aromatic nitrogens is 1. The van der Waals surface area contributed by atoms with Gasteiger partial charge in [-0.15, -0.1) is 0 Å². The van der Waals surface area contributed by atoms with Crippen molar-refractivity contribution in [2.45, 2.75) is 20.0 Å². The second kappa shape index (κ2) is 4.07. The van der Waals surface area contributed by atoms with Crippen molar-refractivity contribution >= 4 is 0 Å². The van der Waals surface area contributed by atoms with E-state index in [9.17, 15) is 0 Å². The molecule has 0 unspecified atom stereocenters. The summed E-state index contributed by atoms with van der Waals surface area (Å²) in [5, 5.41) is 8.80. The Hall–Kier alpha value is -1.09. The highest BCUT2D eigenvalue weighted by Gasteiger charge is 2.02. The molecular weight excluding hydrogens is 154 g/mol. The number of hydrogen-bond acceptors (Lipinski definition) is 3. The zero-order valence-corrected chi connectivity index (χ0v) is 7.37. The largest absolute Gasteiger partial charge is 0.481 e. The second-order valence-corrected chi connectivity index (χ2v) is 2.48. The topological polar surface area (TPSA) is 42.4 Å². The van der Waals surface area contributed by atoms with Crippen molar-refractivity contribution in [1.29, 1.82) is 0 Å². The molecule has 3 heteroatoms. The summed E-state index contributed by atoms with van der Waals surface area (Å²) in [5.74, 6) is 0.615. The number of aliphatic hydroxyl groups is 1. The SMILES string of the molecule is CCc1ccc(CO)nc1OC. The summed E-state index contributed by atoms with van der Waals surface area (Å²) in [6, 6.07) is 3.73. The van der Waals surface area contributed by atoms with Crippen LogP contribution in [0.15, 0.2) is 12.1 Å². The van der Waals surface area contributed by atoms with Gasteiger partial charge in [0, 0.05) is 5.56 Å². The molecule has 3 nitrogen and oxygen atoms in total. The molecule has 0 spiro atoms. The normalized spacial score (nSPS) is 9.92. The van der Waals surface area contributed by atoms with Crippen LogP contribution >= 0.6 is 0 Å². The van der Waals surface area contributed by atoms with Crippen LogP contribution < -0.4 is 4.74 Å². The summed E-state index contributed by atoms with van der Waals surface area (Å²) in [6.07, 6.45) is 0.891. The van der Waals surface area contributed by atoms with E-state index in [2.05, 4.69) is 4.98 Å². The molecule has 1 rings (SSSR count).